The van der Waals surface area contributed by atoms with E-state index in [1.54, 1.807) is 0 Å². The van der Waals surface area contributed by atoms with E-state index >= 15 is 0 Å². The molecule has 1 aliphatic carbocycles. The van der Waals surface area contributed by atoms with Crippen LogP contribution in [0.5, 0.6) is 0 Å². The van der Waals surface area contributed by atoms with E-state index < -0.39 is 0 Å². The Balaban J connectivity index is 3.00. The maximum atomic E-state index is 11.3. The molecule has 0 amide bonds. The fourth-order valence-corrected chi connectivity index (χ4v) is 3.80. The van der Waals surface area contributed by atoms with Gasteiger partial charge in [0.05, 0.1) is 0 Å². The van der Waals surface area contributed by atoms with Gasteiger partial charge < -0.3 is 4.74 Å². The summed E-state index contributed by atoms with van der Waals surface area (Å²) in [6, 6.07) is 0. The zero-order valence-corrected chi connectivity index (χ0v) is 12.5. The minimum absolute atomic E-state index is 0.0506. The number of hydrogen-bond donors (Lipinski definition) is 0. The second kappa shape index (κ2) is 4.62. The molecule has 0 bridgehead atoms. The summed E-state index contributed by atoms with van der Waals surface area (Å²) < 4.78 is 5.59. The van der Waals surface area contributed by atoms with E-state index in [1.807, 2.05) is 0 Å². The summed E-state index contributed by atoms with van der Waals surface area (Å²) in [5, 5.41) is 0. The number of carbonyl (C=O) groups excluding carboxylic acids is 1. The largest absolute Gasteiger partial charge is 0.462 e. The highest BCUT2D eigenvalue weighted by Gasteiger charge is 2.51. The molecule has 1 rings (SSSR count). The molecule has 0 aromatic rings. The molecular weight excluding hydrogens is 212 g/mol. The molecule has 0 N–H and O–H groups in total. The van der Waals surface area contributed by atoms with Gasteiger partial charge in [-0.1, -0.05) is 48.0 Å². The molecular formula is C15H28O2. The minimum atomic E-state index is -0.151. The van der Waals surface area contributed by atoms with Gasteiger partial charge in [-0.2, -0.15) is 0 Å². The smallest absolute Gasteiger partial charge is 0.302 e. The first-order valence-electron chi connectivity index (χ1n) is 6.81. The Kier molecular flexibility index (Phi) is 3.95. The van der Waals surface area contributed by atoms with E-state index in [0.29, 0.717) is 17.3 Å². The van der Waals surface area contributed by atoms with E-state index in [-0.39, 0.29) is 17.5 Å². The van der Waals surface area contributed by atoms with Gasteiger partial charge in [0.15, 0.2) is 0 Å². The zero-order chi connectivity index (χ0) is 13.4. The van der Waals surface area contributed by atoms with Crippen molar-refractivity contribution >= 4 is 5.97 Å². The van der Waals surface area contributed by atoms with Gasteiger partial charge in [-0.05, 0) is 23.7 Å². The fraction of sp³-hybridized carbons (Fsp3) is 0.933. The molecule has 1 aliphatic rings. The molecule has 100 valence electrons. The molecule has 4 atom stereocenters. The van der Waals surface area contributed by atoms with Gasteiger partial charge in [0.25, 0.3) is 0 Å². The summed E-state index contributed by atoms with van der Waals surface area (Å²) in [5.74, 6) is 0.861. The maximum absolute atomic E-state index is 11.3. The van der Waals surface area contributed by atoms with Gasteiger partial charge in [-0.15, -0.1) is 0 Å². The van der Waals surface area contributed by atoms with Crippen LogP contribution in [-0.2, 0) is 9.53 Å². The first kappa shape index (κ1) is 14.5. The third kappa shape index (κ3) is 2.66. The van der Waals surface area contributed by atoms with Crippen LogP contribution in [0, 0.1) is 22.7 Å². The van der Waals surface area contributed by atoms with Crippen molar-refractivity contribution in [2.45, 2.75) is 67.4 Å². The summed E-state index contributed by atoms with van der Waals surface area (Å²) in [7, 11) is 0. The van der Waals surface area contributed by atoms with Crippen LogP contribution >= 0.6 is 0 Å². The molecule has 4 unspecified atom stereocenters. The van der Waals surface area contributed by atoms with Crippen LogP contribution in [0.1, 0.15) is 61.3 Å². The molecule has 17 heavy (non-hydrogen) atoms. The lowest BCUT2D eigenvalue weighted by Gasteiger charge is -2.54. The van der Waals surface area contributed by atoms with Crippen molar-refractivity contribution in [2.24, 2.45) is 22.7 Å². The van der Waals surface area contributed by atoms with Crippen molar-refractivity contribution in [3.8, 4) is 0 Å². The van der Waals surface area contributed by atoms with Crippen LogP contribution in [0.4, 0.5) is 0 Å². The van der Waals surface area contributed by atoms with Crippen molar-refractivity contribution < 1.29 is 9.53 Å². The Hall–Kier alpha value is -0.530. The second-order valence-electron chi connectivity index (χ2n) is 6.85. The molecule has 0 aromatic carbocycles. The molecule has 0 spiro atoms. The molecule has 2 nitrogen and oxygen atoms in total. The molecule has 0 saturated heterocycles. The third-order valence-corrected chi connectivity index (χ3v) is 5.10. The van der Waals surface area contributed by atoms with Crippen LogP contribution in [0.2, 0.25) is 0 Å². The normalized spacial score (nSPS) is 41.0. The van der Waals surface area contributed by atoms with E-state index in [1.165, 1.54) is 13.3 Å². The molecule has 0 aliphatic heterocycles. The SMILES string of the molecule is CCC1(C)CC(C)(C)C(OC(C)=O)C(C)C1C. The van der Waals surface area contributed by atoms with Crippen molar-refractivity contribution in [3.05, 3.63) is 0 Å². The molecule has 0 radical (unpaired) electrons. The topological polar surface area (TPSA) is 26.3 Å². The van der Waals surface area contributed by atoms with Crippen LogP contribution in [-0.4, -0.2) is 12.1 Å². The van der Waals surface area contributed by atoms with Crippen LogP contribution < -0.4 is 0 Å². The lowest BCUT2D eigenvalue weighted by atomic mass is 9.53. The Morgan fingerprint density at radius 1 is 1.29 bits per heavy atom. The Morgan fingerprint density at radius 2 is 1.82 bits per heavy atom. The van der Waals surface area contributed by atoms with Gasteiger partial charge in [-0.25, -0.2) is 0 Å². The predicted molar refractivity (Wildman–Crippen MR) is 70.7 cm³/mol. The zero-order valence-electron chi connectivity index (χ0n) is 12.5. The Morgan fingerprint density at radius 3 is 2.24 bits per heavy atom. The highest BCUT2D eigenvalue weighted by atomic mass is 16.5. The van der Waals surface area contributed by atoms with E-state index in [9.17, 15) is 4.79 Å². The van der Waals surface area contributed by atoms with Gasteiger partial charge in [0.1, 0.15) is 6.10 Å². The predicted octanol–water partition coefficient (Wildman–Crippen LogP) is 4.04. The number of esters is 1. The average molecular weight is 240 g/mol. The average Bonchev–Trinajstić information content (AvgIpc) is 2.21. The van der Waals surface area contributed by atoms with Crippen LogP contribution in [0.25, 0.3) is 0 Å². The Bertz CT molecular complexity index is 295. The van der Waals surface area contributed by atoms with Gasteiger partial charge in [0, 0.05) is 12.3 Å². The first-order valence-corrected chi connectivity index (χ1v) is 6.81. The quantitative estimate of drug-likeness (QED) is 0.681. The number of ether oxygens (including phenoxy) is 1. The highest BCUT2D eigenvalue weighted by molar-refractivity contribution is 5.66. The van der Waals surface area contributed by atoms with E-state index in [2.05, 4.69) is 41.5 Å². The van der Waals surface area contributed by atoms with Crippen LogP contribution in [0.15, 0.2) is 0 Å². The monoisotopic (exact) mass is 240 g/mol. The Labute approximate surface area is 106 Å². The van der Waals surface area contributed by atoms with Gasteiger partial charge in [-0.3, -0.25) is 4.79 Å². The van der Waals surface area contributed by atoms with Crippen molar-refractivity contribution in [3.63, 3.8) is 0 Å². The summed E-state index contributed by atoms with van der Waals surface area (Å²) >= 11 is 0. The van der Waals surface area contributed by atoms with Gasteiger partial charge >= 0.3 is 5.97 Å². The second-order valence-corrected chi connectivity index (χ2v) is 6.85. The number of hydrogen-bond acceptors (Lipinski definition) is 2. The first-order chi connectivity index (χ1) is 7.64. The lowest BCUT2D eigenvalue weighted by Crippen LogP contribution is -2.52. The summed E-state index contributed by atoms with van der Waals surface area (Å²) in [5.41, 5.74) is 0.432. The molecule has 1 saturated carbocycles. The van der Waals surface area contributed by atoms with Crippen molar-refractivity contribution in [1.29, 1.82) is 0 Å². The summed E-state index contributed by atoms with van der Waals surface area (Å²) in [4.78, 5) is 11.3. The molecule has 0 aromatic heterocycles. The summed E-state index contributed by atoms with van der Waals surface area (Å²) in [6.45, 7) is 15.2. The highest BCUT2D eigenvalue weighted by Crippen LogP contribution is 2.54. The molecule has 1 fully saturated rings. The molecule has 0 heterocycles. The standard InChI is InChI=1S/C15H28O2/c1-8-15(7)9-14(5,6)13(17-12(4)16)10(2)11(15)3/h10-11,13H,8-9H2,1-7H3. The van der Waals surface area contributed by atoms with E-state index in [0.717, 1.165) is 6.42 Å². The molecule has 2 heteroatoms. The fourth-order valence-electron chi connectivity index (χ4n) is 3.80. The lowest BCUT2D eigenvalue weighted by molar-refractivity contribution is -0.173. The van der Waals surface area contributed by atoms with Crippen LogP contribution in [0.3, 0.4) is 0 Å². The minimum Gasteiger partial charge on any atom is -0.462 e. The summed E-state index contributed by atoms with van der Waals surface area (Å²) in [6.07, 6.45) is 2.36. The van der Waals surface area contributed by atoms with Crippen molar-refractivity contribution in [1.82, 2.24) is 0 Å². The number of rotatable bonds is 2. The van der Waals surface area contributed by atoms with Gasteiger partial charge in [0.2, 0.25) is 0 Å². The third-order valence-electron chi connectivity index (χ3n) is 5.10. The van der Waals surface area contributed by atoms with Crippen molar-refractivity contribution in [2.75, 3.05) is 0 Å². The number of carbonyl (C=O) groups is 1. The maximum Gasteiger partial charge on any atom is 0.302 e. The van der Waals surface area contributed by atoms with E-state index in [4.69, 9.17) is 4.74 Å².